The normalized spacial score (nSPS) is 14.7. The van der Waals surface area contributed by atoms with Crippen molar-refractivity contribution in [2.75, 3.05) is 17.6 Å². The fourth-order valence-electron chi connectivity index (χ4n) is 3.11. The number of halogens is 1. The van der Waals surface area contributed by atoms with Crippen LogP contribution in [-0.4, -0.2) is 47.6 Å². The molecule has 1 fully saturated rings. The first-order chi connectivity index (χ1) is 13.9. The first kappa shape index (κ1) is 20.0. The number of aryl methyl sites for hydroxylation is 1. The molecule has 4 rings (SSSR count). The molecule has 0 aliphatic heterocycles. The second-order valence-corrected chi connectivity index (χ2v) is 8.85. The molecule has 1 saturated carbocycles. The predicted octanol–water partition coefficient (Wildman–Crippen LogP) is 2.99. The lowest BCUT2D eigenvalue weighted by molar-refractivity contribution is 0.0950. The molecule has 152 valence electrons. The maximum atomic E-state index is 12.4. The molecule has 8 nitrogen and oxygen atoms in total. The van der Waals surface area contributed by atoms with Gasteiger partial charge in [-0.2, -0.15) is 5.10 Å². The van der Waals surface area contributed by atoms with Gasteiger partial charge in [0.25, 0.3) is 5.91 Å². The van der Waals surface area contributed by atoms with Crippen molar-refractivity contribution in [1.82, 2.24) is 19.9 Å². The maximum absolute atomic E-state index is 12.4. The number of rotatable bonds is 7. The van der Waals surface area contributed by atoms with E-state index in [9.17, 15) is 9.00 Å². The van der Waals surface area contributed by atoms with Gasteiger partial charge in [-0.25, -0.2) is 13.7 Å². The van der Waals surface area contributed by atoms with E-state index >= 15 is 0 Å². The van der Waals surface area contributed by atoms with E-state index in [2.05, 4.69) is 36.6 Å². The number of carbonyl (C=O) groups is 1. The minimum Gasteiger partial charge on any atom is -0.381 e. The monoisotopic (exact) mass is 477 g/mol. The van der Waals surface area contributed by atoms with Crippen molar-refractivity contribution in [1.29, 1.82) is 0 Å². The first-order valence-electron chi connectivity index (χ1n) is 9.20. The van der Waals surface area contributed by atoms with E-state index in [4.69, 9.17) is 4.55 Å². The third kappa shape index (κ3) is 4.49. The van der Waals surface area contributed by atoms with Crippen LogP contribution in [0.15, 0.2) is 35.1 Å². The van der Waals surface area contributed by atoms with Crippen molar-refractivity contribution in [3.05, 3.63) is 46.2 Å². The SMILES string of the molecule is Cc1cc(-c2cnc3c(NCCS(=O)O)cc(Br)nn23)ccc1C(=O)NC1CC1. The highest BCUT2D eigenvalue weighted by atomic mass is 79.9. The topological polar surface area (TPSA) is 109 Å². The van der Waals surface area contributed by atoms with Crippen LogP contribution in [0.4, 0.5) is 5.69 Å². The van der Waals surface area contributed by atoms with Crippen LogP contribution < -0.4 is 10.6 Å². The van der Waals surface area contributed by atoms with E-state index in [-0.39, 0.29) is 11.7 Å². The summed E-state index contributed by atoms with van der Waals surface area (Å²) in [5.74, 6) is 0.0757. The van der Waals surface area contributed by atoms with Crippen LogP contribution in [0.25, 0.3) is 16.9 Å². The summed E-state index contributed by atoms with van der Waals surface area (Å²) in [4.78, 5) is 16.8. The summed E-state index contributed by atoms with van der Waals surface area (Å²) in [5.41, 5.74) is 4.55. The summed E-state index contributed by atoms with van der Waals surface area (Å²) >= 11 is 1.55. The molecule has 2 aromatic heterocycles. The molecule has 0 saturated heterocycles. The molecule has 3 aromatic rings. The molecular formula is C19H20BrN5O3S. The number of hydrogen-bond donors (Lipinski definition) is 3. The average Bonchev–Trinajstić information content (AvgIpc) is 3.37. The standard InChI is InChI=1S/C19H20BrN5O3S/c1-11-8-12(2-5-14(11)19(26)23-13-3-4-13)16-10-22-18-15(21-6-7-29(27)28)9-17(20)24-25(16)18/h2,5,8-10,13,21H,3-4,6-7H2,1H3,(H,23,26)(H,27,28). The van der Waals surface area contributed by atoms with Gasteiger partial charge in [-0.15, -0.1) is 0 Å². The quantitative estimate of drug-likeness (QED) is 0.451. The van der Waals surface area contributed by atoms with Crippen molar-refractivity contribution in [2.24, 2.45) is 0 Å². The maximum Gasteiger partial charge on any atom is 0.251 e. The Bertz CT molecular complexity index is 1110. The van der Waals surface area contributed by atoms with Crippen LogP contribution in [0, 0.1) is 6.92 Å². The number of imidazole rings is 1. The van der Waals surface area contributed by atoms with Crippen LogP contribution in [0.3, 0.4) is 0 Å². The van der Waals surface area contributed by atoms with Gasteiger partial charge in [0.2, 0.25) is 0 Å². The van der Waals surface area contributed by atoms with Crippen molar-refractivity contribution >= 4 is 44.3 Å². The van der Waals surface area contributed by atoms with Crippen molar-refractivity contribution < 1.29 is 13.6 Å². The van der Waals surface area contributed by atoms with Crippen LogP contribution >= 0.6 is 15.9 Å². The van der Waals surface area contributed by atoms with E-state index in [1.165, 1.54) is 0 Å². The zero-order valence-corrected chi connectivity index (χ0v) is 18.1. The van der Waals surface area contributed by atoms with Crippen LogP contribution in [0.1, 0.15) is 28.8 Å². The van der Waals surface area contributed by atoms with Crippen LogP contribution in [0.5, 0.6) is 0 Å². The fraction of sp³-hybridized carbons (Fsp3) is 0.316. The van der Waals surface area contributed by atoms with E-state index in [0.717, 1.165) is 29.7 Å². The molecule has 1 aromatic carbocycles. The molecular weight excluding hydrogens is 458 g/mol. The minimum absolute atomic E-state index is 0.0386. The van der Waals surface area contributed by atoms with Gasteiger partial charge in [0.1, 0.15) is 4.60 Å². The van der Waals surface area contributed by atoms with Gasteiger partial charge in [0.05, 0.1) is 23.3 Å². The molecule has 1 aliphatic rings. The Hall–Kier alpha value is -2.30. The first-order valence-corrected chi connectivity index (χ1v) is 11.3. The van der Waals surface area contributed by atoms with Gasteiger partial charge in [-0.3, -0.25) is 4.79 Å². The molecule has 1 amide bonds. The van der Waals surface area contributed by atoms with Crippen molar-refractivity contribution in [2.45, 2.75) is 25.8 Å². The molecule has 1 unspecified atom stereocenters. The highest BCUT2D eigenvalue weighted by Gasteiger charge is 2.24. The number of hydrogen-bond acceptors (Lipinski definition) is 5. The molecule has 0 bridgehead atoms. The second-order valence-electron chi connectivity index (χ2n) is 6.99. The highest BCUT2D eigenvalue weighted by molar-refractivity contribution is 9.10. The minimum atomic E-state index is -1.86. The van der Waals surface area contributed by atoms with Gasteiger partial charge in [0.15, 0.2) is 16.7 Å². The summed E-state index contributed by atoms with van der Waals surface area (Å²) in [6.07, 6.45) is 3.83. The van der Waals surface area contributed by atoms with Gasteiger partial charge in [-0.05, 0) is 59.5 Å². The number of nitrogens with one attached hydrogen (secondary N) is 2. The number of benzene rings is 1. The summed E-state index contributed by atoms with van der Waals surface area (Å²) in [6, 6.07) is 7.77. The number of fused-ring (bicyclic) bond motifs is 1. The van der Waals surface area contributed by atoms with Gasteiger partial charge >= 0.3 is 0 Å². The lowest BCUT2D eigenvalue weighted by Crippen LogP contribution is -2.26. The Morgan fingerprint density at radius 3 is 2.86 bits per heavy atom. The van der Waals surface area contributed by atoms with Crippen LogP contribution in [0.2, 0.25) is 0 Å². The predicted molar refractivity (Wildman–Crippen MR) is 115 cm³/mol. The van der Waals surface area contributed by atoms with E-state index in [0.29, 0.717) is 34.1 Å². The summed E-state index contributed by atoms with van der Waals surface area (Å²) < 4.78 is 22.1. The molecule has 1 aliphatic carbocycles. The lowest BCUT2D eigenvalue weighted by Gasteiger charge is -2.10. The van der Waals surface area contributed by atoms with Crippen LogP contribution in [-0.2, 0) is 11.1 Å². The summed E-state index contributed by atoms with van der Waals surface area (Å²) in [5, 5.41) is 10.6. The van der Waals surface area contributed by atoms with Crippen molar-refractivity contribution in [3.63, 3.8) is 0 Å². The Morgan fingerprint density at radius 1 is 1.38 bits per heavy atom. The highest BCUT2D eigenvalue weighted by Crippen LogP contribution is 2.28. The molecule has 1 atom stereocenters. The largest absolute Gasteiger partial charge is 0.381 e. The summed E-state index contributed by atoms with van der Waals surface area (Å²) in [7, 11) is 0. The number of anilines is 1. The molecule has 0 spiro atoms. The van der Waals surface area contributed by atoms with E-state index < -0.39 is 11.1 Å². The zero-order chi connectivity index (χ0) is 20.5. The molecule has 2 heterocycles. The number of aromatic nitrogens is 3. The third-order valence-corrected chi connectivity index (χ3v) is 5.65. The molecule has 10 heteroatoms. The fourth-order valence-corrected chi connectivity index (χ4v) is 3.77. The van der Waals surface area contributed by atoms with Gasteiger partial charge < -0.3 is 15.2 Å². The Kier molecular flexibility index (Phi) is 5.66. The van der Waals surface area contributed by atoms with E-state index in [1.807, 2.05) is 25.1 Å². The Labute approximate surface area is 178 Å². The third-order valence-electron chi connectivity index (χ3n) is 4.71. The molecule has 29 heavy (non-hydrogen) atoms. The Morgan fingerprint density at radius 2 is 2.17 bits per heavy atom. The number of carbonyl (C=O) groups excluding carboxylic acids is 1. The second kappa shape index (κ2) is 8.21. The van der Waals surface area contributed by atoms with Gasteiger partial charge in [-0.1, -0.05) is 6.07 Å². The molecule has 3 N–H and O–H groups in total. The summed E-state index contributed by atoms with van der Waals surface area (Å²) in [6.45, 7) is 2.25. The smallest absolute Gasteiger partial charge is 0.251 e. The average molecular weight is 478 g/mol. The van der Waals surface area contributed by atoms with Crippen molar-refractivity contribution in [3.8, 4) is 11.3 Å². The van der Waals surface area contributed by atoms with Gasteiger partial charge in [0, 0.05) is 23.7 Å². The molecule has 0 radical (unpaired) electrons. The number of nitrogens with zero attached hydrogens (tertiary/aromatic N) is 3. The Balaban J connectivity index is 1.65. The van der Waals surface area contributed by atoms with E-state index in [1.54, 1.807) is 16.8 Å². The number of amides is 1. The lowest BCUT2D eigenvalue weighted by atomic mass is 10.0. The zero-order valence-electron chi connectivity index (χ0n) is 15.7.